The Morgan fingerprint density at radius 3 is 2.16 bits per heavy atom. The molecule has 0 aliphatic heterocycles. The topological polar surface area (TPSA) is 38.9 Å². The third-order valence-corrected chi connectivity index (χ3v) is 9.68. The zero-order valence-electron chi connectivity index (χ0n) is 23.9. The van der Waals surface area contributed by atoms with Crippen LogP contribution in [0.1, 0.15) is 43.2 Å². The van der Waals surface area contributed by atoms with Crippen molar-refractivity contribution in [3.05, 3.63) is 132 Å². The van der Waals surface area contributed by atoms with E-state index in [4.69, 9.17) is 14.4 Å². The summed E-state index contributed by atoms with van der Waals surface area (Å²) >= 11 is 0. The van der Waals surface area contributed by atoms with Gasteiger partial charge in [-0.2, -0.15) is 0 Å². The van der Waals surface area contributed by atoms with Crippen molar-refractivity contribution >= 4 is 22.1 Å². The molecule has 3 heteroatoms. The second kappa shape index (κ2) is 9.50. The van der Waals surface area contributed by atoms with Crippen LogP contribution in [0.2, 0.25) is 0 Å². The molecule has 2 aromatic heterocycles. The molecule has 9 rings (SSSR count). The fraction of sp³-hybridized carbons (Fsp3) is 0.150. The molecule has 7 aromatic rings. The Morgan fingerprint density at radius 1 is 0.558 bits per heavy atom. The Hall–Kier alpha value is -5.02. The monoisotopic (exact) mass is 554 g/mol. The van der Waals surface area contributed by atoms with Crippen LogP contribution in [0.25, 0.3) is 67.0 Å². The van der Waals surface area contributed by atoms with E-state index in [-0.39, 0.29) is 5.41 Å². The highest BCUT2D eigenvalue weighted by molar-refractivity contribution is 6.07. The first-order valence-corrected chi connectivity index (χ1v) is 15.4. The van der Waals surface area contributed by atoms with E-state index >= 15 is 0 Å². The van der Waals surface area contributed by atoms with Gasteiger partial charge in [-0.05, 0) is 64.4 Å². The van der Waals surface area contributed by atoms with Gasteiger partial charge in [-0.3, -0.25) is 0 Å². The first-order chi connectivity index (χ1) is 21.3. The largest absolute Gasteiger partial charge is 0.452 e. The molecule has 206 valence electrons. The summed E-state index contributed by atoms with van der Waals surface area (Å²) in [5.41, 5.74) is 13.7. The maximum absolute atomic E-state index is 6.34. The van der Waals surface area contributed by atoms with Crippen molar-refractivity contribution in [3.63, 3.8) is 0 Å². The number of hydrogen-bond donors (Lipinski definition) is 0. The lowest BCUT2D eigenvalue weighted by molar-refractivity contribution is 0.353. The van der Waals surface area contributed by atoms with Crippen LogP contribution in [0, 0.1) is 0 Å². The van der Waals surface area contributed by atoms with Gasteiger partial charge in [0.2, 0.25) is 0 Å². The van der Waals surface area contributed by atoms with Gasteiger partial charge in [0.25, 0.3) is 0 Å². The highest BCUT2D eigenvalue weighted by Gasteiger charge is 2.45. The van der Waals surface area contributed by atoms with Crippen molar-refractivity contribution in [1.29, 1.82) is 0 Å². The Kier molecular flexibility index (Phi) is 5.43. The van der Waals surface area contributed by atoms with E-state index in [0.717, 1.165) is 38.9 Å². The summed E-state index contributed by atoms with van der Waals surface area (Å²) in [7, 11) is 0. The van der Waals surface area contributed by atoms with Crippen molar-refractivity contribution in [2.24, 2.45) is 0 Å². The van der Waals surface area contributed by atoms with E-state index in [1.807, 2.05) is 36.4 Å². The molecule has 0 unspecified atom stereocenters. The molecule has 2 aliphatic carbocycles. The number of aromatic nitrogens is 2. The Bertz CT molecular complexity index is 2170. The van der Waals surface area contributed by atoms with Crippen molar-refractivity contribution in [1.82, 2.24) is 9.97 Å². The summed E-state index contributed by atoms with van der Waals surface area (Å²) < 4.78 is 6.34. The number of hydrogen-bond acceptors (Lipinski definition) is 3. The first kappa shape index (κ1) is 24.6. The second-order valence-electron chi connectivity index (χ2n) is 12.0. The number of rotatable bonds is 3. The molecule has 3 nitrogen and oxygen atoms in total. The van der Waals surface area contributed by atoms with Crippen molar-refractivity contribution in [3.8, 4) is 44.9 Å². The molecule has 43 heavy (non-hydrogen) atoms. The maximum Gasteiger partial charge on any atom is 0.180 e. The van der Waals surface area contributed by atoms with E-state index in [9.17, 15) is 0 Å². The molecule has 0 atom stereocenters. The van der Waals surface area contributed by atoms with Crippen molar-refractivity contribution in [2.45, 2.75) is 37.5 Å². The second-order valence-corrected chi connectivity index (χ2v) is 12.0. The lowest BCUT2D eigenvalue weighted by Crippen LogP contribution is -2.28. The molecular formula is C40H30N2O. The predicted molar refractivity (Wildman–Crippen MR) is 175 cm³/mol. The van der Waals surface area contributed by atoms with E-state index < -0.39 is 0 Å². The van der Waals surface area contributed by atoms with E-state index in [0.29, 0.717) is 5.82 Å². The first-order valence-electron chi connectivity index (χ1n) is 15.4. The molecular weight excluding hydrogens is 524 g/mol. The van der Waals surface area contributed by atoms with E-state index in [1.165, 1.54) is 65.5 Å². The number of para-hydroxylation sites is 1. The molecule has 5 aromatic carbocycles. The van der Waals surface area contributed by atoms with Gasteiger partial charge in [-0.25, -0.2) is 9.97 Å². The minimum atomic E-state index is 0.0857. The summed E-state index contributed by atoms with van der Waals surface area (Å²) in [6.45, 7) is 0. The highest BCUT2D eigenvalue weighted by Crippen LogP contribution is 2.58. The van der Waals surface area contributed by atoms with Gasteiger partial charge in [-0.1, -0.05) is 122 Å². The molecule has 0 radical (unpaired) electrons. The Labute approximate surface area is 250 Å². The Balaban J connectivity index is 1.25. The minimum absolute atomic E-state index is 0.0857. The van der Waals surface area contributed by atoms with Crippen LogP contribution in [-0.4, -0.2) is 9.97 Å². The number of furan rings is 1. The van der Waals surface area contributed by atoms with Gasteiger partial charge in [0.15, 0.2) is 11.4 Å². The third-order valence-electron chi connectivity index (χ3n) is 9.68. The number of nitrogens with zero attached hydrogens (tertiary/aromatic N) is 2. The van der Waals surface area contributed by atoms with E-state index in [1.54, 1.807) is 0 Å². The molecule has 2 heterocycles. The van der Waals surface area contributed by atoms with Crippen LogP contribution in [0.4, 0.5) is 0 Å². The van der Waals surface area contributed by atoms with Crippen LogP contribution >= 0.6 is 0 Å². The lowest BCUT2D eigenvalue weighted by atomic mass is 9.66. The fourth-order valence-electron chi connectivity index (χ4n) is 7.82. The number of fused-ring (bicyclic) bond motifs is 8. The van der Waals surface area contributed by atoms with Crippen LogP contribution in [0.5, 0.6) is 0 Å². The number of benzene rings is 5. The molecule has 0 saturated heterocycles. The highest BCUT2D eigenvalue weighted by atomic mass is 16.3. The smallest absolute Gasteiger partial charge is 0.180 e. The standard InChI is InChI=1S/C40H30N2O/c1-3-13-26(14-4-1)36-38-37(32-18-6-8-22-34(32)43-38)42-39(41-36)28-16-11-15-27(25-28)29-19-12-20-31-30-17-5-7-21-33(30)40(35(29)31)23-9-2-10-24-40/h1,3-8,11-22,25H,2,9-10,23-24H2. The SMILES string of the molecule is c1ccc(-c2nc(-c3cccc(-c4cccc5c4C4(CCCCC4)c4ccccc4-5)c3)nc3c2oc2ccccc23)cc1. The predicted octanol–water partition coefficient (Wildman–Crippen LogP) is 10.6. The normalized spacial score (nSPS) is 15.2. The summed E-state index contributed by atoms with van der Waals surface area (Å²) in [5.74, 6) is 0.711. The van der Waals surface area contributed by atoms with Crippen LogP contribution < -0.4 is 0 Å². The molecule has 1 spiro atoms. The van der Waals surface area contributed by atoms with Crippen molar-refractivity contribution < 1.29 is 4.42 Å². The maximum atomic E-state index is 6.34. The average Bonchev–Trinajstić information content (AvgIpc) is 3.59. The van der Waals surface area contributed by atoms with Gasteiger partial charge < -0.3 is 4.42 Å². The van der Waals surface area contributed by atoms with Gasteiger partial charge in [0, 0.05) is 21.9 Å². The molecule has 1 fully saturated rings. The van der Waals surface area contributed by atoms with E-state index in [2.05, 4.69) is 84.9 Å². The van der Waals surface area contributed by atoms with Crippen LogP contribution in [0.15, 0.2) is 126 Å². The average molecular weight is 555 g/mol. The molecule has 0 N–H and O–H groups in total. The lowest BCUT2D eigenvalue weighted by Gasteiger charge is -2.37. The molecule has 0 amide bonds. The summed E-state index contributed by atoms with van der Waals surface area (Å²) in [6.07, 6.45) is 6.29. The summed E-state index contributed by atoms with van der Waals surface area (Å²) in [5, 5.41) is 1.01. The van der Waals surface area contributed by atoms with Gasteiger partial charge in [0.1, 0.15) is 16.8 Å². The zero-order valence-corrected chi connectivity index (χ0v) is 23.9. The van der Waals surface area contributed by atoms with Gasteiger partial charge in [-0.15, -0.1) is 0 Å². The van der Waals surface area contributed by atoms with Gasteiger partial charge >= 0.3 is 0 Å². The van der Waals surface area contributed by atoms with Crippen LogP contribution in [-0.2, 0) is 5.41 Å². The summed E-state index contributed by atoms with van der Waals surface area (Å²) in [4.78, 5) is 10.3. The van der Waals surface area contributed by atoms with Gasteiger partial charge in [0.05, 0.1) is 0 Å². The minimum Gasteiger partial charge on any atom is -0.452 e. The van der Waals surface area contributed by atoms with Crippen LogP contribution in [0.3, 0.4) is 0 Å². The third kappa shape index (κ3) is 3.67. The Morgan fingerprint density at radius 2 is 1.26 bits per heavy atom. The molecule has 0 bridgehead atoms. The quantitative estimate of drug-likeness (QED) is 0.218. The summed E-state index contributed by atoms with van der Waals surface area (Å²) in [6, 6.07) is 43.2. The molecule has 2 aliphatic rings. The molecule has 1 saturated carbocycles. The zero-order chi connectivity index (χ0) is 28.4. The fourth-order valence-corrected chi connectivity index (χ4v) is 7.82. The van der Waals surface area contributed by atoms with Crippen molar-refractivity contribution in [2.75, 3.05) is 0 Å².